The van der Waals surface area contributed by atoms with Gasteiger partial charge in [0.15, 0.2) is 0 Å². The topological polar surface area (TPSA) is 37.3 Å². The Balaban J connectivity index is 2.23. The van der Waals surface area contributed by atoms with Crippen molar-refractivity contribution in [3.8, 4) is 0 Å². The fourth-order valence-corrected chi connectivity index (χ4v) is 7.83. The van der Waals surface area contributed by atoms with Crippen molar-refractivity contribution in [2.75, 3.05) is 6.16 Å². The highest BCUT2D eigenvalue weighted by molar-refractivity contribution is 7.95. The fraction of sp³-hybridized carbons (Fsp3) is 0.125. The molecule has 0 bridgehead atoms. The van der Waals surface area contributed by atoms with Crippen LogP contribution in [0.3, 0.4) is 0 Å². The van der Waals surface area contributed by atoms with Gasteiger partial charge in [-0.3, -0.25) is 4.79 Å². The van der Waals surface area contributed by atoms with Crippen LogP contribution in [0.1, 0.15) is 13.3 Å². The van der Waals surface area contributed by atoms with E-state index in [0.717, 1.165) is 11.7 Å². The number of hydrogen-bond acceptors (Lipinski definition) is 1. The largest absolute Gasteiger partial charge is 0.481 e. The molecule has 0 aromatic heterocycles. The van der Waals surface area contributed by atoms with E-state index in [0.29, 0.717) is 0 Å². The normalized spacial score (nSPS) is 12.0. The van der Waals surface area contributed by atoms with Gasteiger partial charge in [-0.25, -0.2) is 0 Å². The highest BCUT2D eigenvalue weighted by atomic mass is 31.2. The van der Waals surface area contributed by atoms with Crippen molar-refractivity contribution >= 4 is 29.1 Å². The summed E-state index contributed by atoms with van der Waals surface area (Å²) in [4.78, 5) is 11.0. The summed E-state index contributed by atoms with van der Waals surface area (Å²) in [7, 11) is -1.93. The zero-order chi connectivity index (χ0) is 19.1. The van der Waals surface area contributed by atoms with Crippen LogP contribution in [0.25, 0.3) is 0 Å². The molecule has 3 aromatic rings. The van der Waals surface area contributed by atoms with Gasteiger partial charge in [0.2, 0.25) is 0 Å². The van der Waals surface area contributed by atoms with Crippen LogP contribution >= 0.6 is 7.26 Å². The first-order valence-corrected chi connectivity index (χ1v) is 11.0. The monoisotopic (exact) mass is 375 g/mol. The van der Waals surface area contributed by atoms with E-state index in [9.17, 15) is 4.79 Å². The molecule has 2 nitrogen and oxygen atoms in total. The summed E-state index contributed by atoms with van der Waals surface area (Å²) in [5, 5.41) is 13.0. The Morgan fingerprint density at radius 2 is 1.15 bits per heavy atom. The first-order valence-electron chi connectivity index (χ1n) is 9.05. The third-order valence-electron chi connectivity index (χ3n) is 4.70. The first-order chi connectivity index (χ1) is 13.1. The molecule has 1 N–H and O–H groups in total. The minimum atomic E-state index is -1.93. The average Bonchev–Trinajstić information content (AvgIpc) is 2.72. The summed E-state index contributed by atoms with van der Waals surface area (Å²) in [5.74, 6) is -0.794. The number of carboxylic acids is 1. The second kappa shape index (κ2) is 8.79. The summed E-state index contributed by atoms with van der Waals surface area (Å²) in [5.41, 5.74) is 1.11. The minimum absolute atomic E-state index is 0.0597. The molecule has 0 spiro atoms. The molecule has 0 saturated heterocycles. The van der Waals surface area contributed by atoms with Crippen LogP contribution < -0.4 is 15.9 Å². The Bertz CT molecular complexity index is 806. The highest BCUT2D eigenvalue weighted by Crippen LogP contribution is 2.56. The maximum absolute atomic E-state index is 11.0. The Morgan fingerprint density at radius 1 is 0.778 bits per heavy atom. The SMILES string of the molecule is C/C(=C\CC(=O)O)C[P+](c1ccccc1)(c1ccccc1)c1ccccc1. The minimum Gasteiger partial charge on any atom is -0.481 e. The summed E-state index contributed by atoms with van der Waals surface area (Å²) in [6.07, 6.45) is 2.74. The lowest BCUT2D eigenvalue weighted by Gasteiger charge is -2.28. The molecule has 0 aliphatic carbocycles. The number of hydrogen-bond donors (Lipinski definition) is 1. The molecule has 0 radical (unpaired) electrons. The van der Waals surface area contributed by atoms with Gasteiger partial charge in [0.25, 0.3) is 0 Å². The average molecular weight is 375 g/mol. The number of allylic oxidation sites excluding steroid dienone is 1. The molecule has 27 heavy (non-hydrogen) atoms. The molecule has 3 heteroatoms. The third-order valence-corrected chi connectivity index (χ3v) is 9.21. The van der Waals surface area contributed by atoms with E-state index in [1.807, 2.05) is 31.2 Å². The number of rotatable bonds is 7. The fourth-order valence-electron chi connectivity index (χ4n) is 3.47. The van der Waals surface area contributed by atoms with E-state index in [2.05, 4.69) is 72.8 Å². The van der Waals surface area contributed by atoms with Gasteiger partial charge < -0.3 is 5.11 Å². The second-order valence-corrected chi connectivity index (χ2v) is 10.1. The predicted octanol–water partition coefficient (Wildman–Crippen LogP) is 4.40. The van der Waals surface area contributed by atoms with Crippen LogP contribution in [-0.2, 0) is 4.79 Å². The molecule has 0 amide bonds. The third kappa shape index (κ3) is 4.35. The van der Waals surface area contributed by atoms with Gasteiger partial charge in [0, 0.05) is 0 Å². The van der Waals surface area contributed by atoms with Gasteiger partial charge in [0.1, 0.15) is 23.2 Å². The molecule has 0 atom stereocenters. The maximum Gasteiger partial charge on any atom is 0.307 e. The first kappa shape index (κ1) is 19.1. The van der Waals surface area contributed by atoms with Crippen LogP contribution in [0.2, 0.25) is 0 Å². The number of carboxylic acid groups (broad SMARTS) is 1. The van der Waals surface area contributed by atoms with Crippen LogP contribution in [0.5, 0.6) is 0 Å². The molecule has 0 saturated carbocycles. The van der Waals surface area contributed by atoms with E-state index in [1.165, 1.54) is 15.9 Å². The molecule has 3 aromatic carbocycles. The molecule has 0 aliphatic heterocycles. The molecule has 136 valence electrons. The van der Waals surface area contributed by atoms with Gasteiger partial charge in [-0.1, -0.05) is 60.7 Å². The second-order valence-electron chi connectivity index (χ2n) is 6.62. The Hall–Kier alpha value is -2.70. The van der Waals surface area contributed by atoms with Gasteiger partial charge in [-0.05, 0) is 48.9 Å². The van der Waals surface area contributed by atoms with E-state index in [-0.39, 0.29) is 6.42 Å². The van der Waals surface area contributed by atoms with Crippen molar-refractivity contribution in [1.29, 1.82) is 0 Å². The van der Waals surface area contributed by atoms with Crippen LogP contribution in [0.15, 0.2) is 103 Å². The quantitative estimate of drug-likeness (QED) is 0.491. The molecule has 0 unspecified atom stereocenters. The molecule has 0 aliphatic rings. The number of benzene rings is 3. The van der Waals surface area contributed by atoms with Crippen LogP contribution in [0, 0.1) is 0 Å². The van der Waals surface area contributed by atoms with E-state index in [4.69, 9.17) is 5.11 Å². The van der Waals surface area contributed by atoms with Gasteiger partial charge >= 0.3 is 5.97 Å². The zero-order valence-corrected chi connectivity index (χ0v) is 16.3. The van der Waals surface area contributed by atoms with Crippen LogP contribution in [-0.4, -0.2) is 17.2 Å². The summed E-state index contributed by atoms with van der Waals surface area (Å²) < 4.78 is 0. The standard InChI is InChI=1S/C24H23O2P/c1-20(17-18-24(25)26)19-27(21-11-5-2-6-12-21,22-13-7-3-8-14-22)23-15-9-4-10-16-23/h2-17H,18-19H2,1H3/p+1/b20-17+. The van der Waals surface area contributed by atoms with Crippen molar-refractivity contribution in [3.63, 3.8) is 0 Å². The molecule has 0 fully saturated rings. The van der Waals surface area contributed by atoms with E-state index < -0.39 is 13.2 Å². The number of aliphatic carboxylic acids is 1. The van der Waals surface area contributed by atoms with Gasteiger partial charge in [-0.2, -0.15) is 0 Å². The molecule has 0 heterocycles. The summed E-state index contributed by atoms with van der Waals surface area (Å²) >= 11 is 0. The Kier molecular flexibility index (Phi) is 6.21. The van der Waals surface area contributed by atoms with Crippen molar-refractivity contribution in [2.24, 2.45) is 0 Å². The predicted molar refractivity (Wildman–Crippen MR) is 116 cm³/mol. The van der Waals surface area contributed by atoms with Crippen molar-refractivity contribution < 1.29 is 9.90 Å². The molecular formula is C24H24O2P+. The lowest BCUT2D eigenvalue weighted by molar-refractivity contribution is -0.136. The lowest BCUT2D eigenvalue weighted by atomic mass is 10.3. The van der Waals surface area contributed by atoms with Crippen molar-refractivity contribution in [2.45, 2.75) is 13.3 Å². The Morgan fingerprint density at radius 3 is 1.48 bits per heavy atom. The molecule has 3 rings (SSSR count). The smallest absolute Gasteiger partial charge is 0.307 e. The zero-order valence-electron chi connectivity index (χ0n) is 15.5. The molecular weight excluding hydrogens is 351 g/mol. The van der Waals surface area contributed by atoms with Crippen molar-refractivity contribution in [3.05, 3.63) is 103 Å². The summed E-state index contributed by atoms with van der Waals surface area (Å²) in [6, 6.07) is 31.9. The van der Waals surface area contributed by atoms with Crippen LogP contribution in [0.4, 0.5) is 0 Å². The van der Waals surface area contributed by atoms with Crippen molar-refractivity contribution in [1.82, 2.24) is 0 Å². The maximum atomic E-state index is 11.0. The van der Waals surface area contributed by atoms with Gasteiger partial charge in [0.05, 0.1) is 12.6 Å². The number of carbonyl (C=O) groups is 1. The Labute approximate surface area is 161 Å². The van der Waals surface area contributed by atoms with E-state index in [1.54, 1.807) is 0 Å². The van der Waals surface area contributed by atoms with E-state index >= 15 is 0 Å². The van der Waals surface area contributed by atoms with Gasteiger partial charge in [-0.15, -0.1) is 0 Å². The lowest BCUT2D eigenvalue weighted by Crippen LogP contribution is -2.33. The highest BCUT2D eigenvalue weighted by Gasteiger charge is 2.45. The summed E-state index contributed by atoms with van der Waals surface area (Å²) in [6.45, 7) is 2.05.